The first kappa shape index (κ1) is 18.0. The van der Waals surface area contributed by atoms with Gasteiger partial charge in [0.05, 0.1) is 16.8 Å². The van der Waals surface area contributed by atoms with Crippen LogP contribution in [0.5, 0.6) is 0 Å². The Labute approximate surface area is 155 Å². The summed E-state index contributed by atoms with van der Waals surface area (Å²) >= 11 is 0. The summed E-state index contributed by atoms with van der Waals surface area (Å²) in [7, 11) is 0. The molecule has 1 amide bonds. The molecule has 2 N–H and O–H groups in total. The van der Waals surface area contributed by atoms with E-state index in [-0.39, 0.29) is 17.7 Å². The monoisotopic (exact) mass is 361 g/mol. The van der Waals surface area contributed by atoms with Crippen LogP contribution in [0.2, 0.25) is 0 Å². The lowest BCUT2D eigenvalue weighted by molar-refractivity contribution is 0.0953. The maximum Gasteiger partial charge on any atom is 0.254 e. The second-order valence-electron chi connectivity index (χ2n) is 5.68. The lowest BCUT2D eigenvalue weighted by Crippen LogP contribution is -2.26. The Morgan fingerprint density at radius 1 is 1.07 bits per heavy atom. The van der Waals surface area contributed by atoms with Crippen LogP contribution >= 0.6 is 0 Å². The number of hydrogen-bond acceptors (Lipinski definition) is 5. The largest absolute Gasteiger partial charge is 0.352 e. The molecule has 0 fully saturated rings. The molecule has 0 saturated carbocycles. The van der Waals surface area contributed by atoms with Crippen LogP contribution in [0.25, 0.3) is 0 Å². The lowest BCUT2D eigenvalue weighted by Gasteiger charge is -2.08. The molecule has 0 bridgehead atoms. The van der Waals surface area contributed by atoms with Crippen molar-refractivity contribution in [3.05, 3.63) is 83.4 Å². The van der Waals surface area contributed by atoms with Gasteiger partial charge in [-0.1, -0.05) is 30.3 Å². The van der Waals surface area contributed by atoms with E-state index in [9.17, 15) is 9.18 Å². The van der Waals surface area contributed by atoms with Crippen LogP contribution in [0.3, 0.4) is 0 Å². The molecule has 0 unspecified atom stereocenters. The zero-order chi connectivity index (χ0) is 19.1. The first-order chi connectivity index (χ1) is 13.2. The van der Waals surface area contributed by atoms with Gasteiger partial charge in [-0.2, -0.15) is 5.26 Å². The molecule has 134 valence electrons. The summed E-state index contributed by atoms with van der Waals surface area (Å²) in [5.74, 6) is -0.348. The quantitative estimate of drug-likeness (QED) is 0.704. The zero-order valence-corrected chi connectivity index (χ0v) is 14.3. The average molecular weight is 361 g/mol. The van der Waals surface area contributed by atoms with Gasteiger partial charge in [0.15, 0.2) is 0 Å². The predicted octanol–water partition coefficient (Wildman–Crippen LogP) is 3.20. The minimum Gasteiger partial charge on any atom is -0.352 e. The maximum absolute atomic E-state index is 13.6. The number of halogens is 1. The van der Waals surface area contributed by atoms with Gasteiger partial charge >= 0.3 is 0 Å². The van der Waals surface area contributed by atoms with Crippen molar-refractivity contribution in [2.24, 2.45) is 0 Å². The zero-order valence-electron chi connectivity index (χ0n) is 14.3. The summed E-state index contributed by atoms with van der Waals surface area (Å²) in [6, 6.07) is 15.5. The third kappa shape index (κ3) is 4.64. The number of carbonyl (C=O) groups excluding carboxylic acids is 1. The highest BCUT2D eigenvalue weighted by Crippen LogP contribution is 2.17. The number of para-hydroxylation sites is 1. The van der Waals surface area contributed by atoms with Gasteiger partial charge in [-0.3, -0.25) is 4.79 Å². The summed E-state index contributed by atoms with van der Waals surface area (Å²) in [5.41, 5.74) is 1.89. The van der Waals surface area contributed by atoms with Crippen molar-refractivity contribution in [1.82, 2.24) is 15.3 Å². The Morgan fingerprint density at radius 3 is 2.52 bits per heavy atom. The second kappa shape index (κ2) is 8.54. The molecule has 1 aromatic heterocycles. The van der Waals surface area contributed by atoms with Crippen LogP contribution in [0.4, 0.5) is 16.0 Å². The van der Waals surface area contributed by atoms with Gasteiger partial charge in [0, 0.05) is 18.9 Å². The second-order valence-corrected chi connectivity index (χ2v) is 5.68. The van der Waals surface area contributed by atoms with E-state index >= 15 is 0 Å². The van der Waals surface area contributed by atoms with E-state index in [1.54, 1.807) is 42.5 Å². The molecule has 3 rings (SSSR count). The van der Waals surface area contributed by atoms with Crippen LogP contribution in [-0.4, -0.2) is 22.4 Å². The average Bonchev–Trinajstić information content (AvgIpc) is 2.70. The Hall–Kier alpha value is -3.79. The number of benzene rings is 2. The Bertz CT molecular complexity index is 982. The minimum atomic E-state index is -0.338. The summed E-state index contributed by atoms with van der Waals surface area (Å²) in [5, 5.41) is 14.7. The summed E-state index contributed by atoms with van der Waals surface area (Å²) in [6.07, 6.45) is 3.18. The molecular formula is C20H16FN5O. The van der Waals surface area contributed by atoms with Crippen molar-refractivity contribution >= 4 is 17.5 Å². The van der Waals surface area contributed by atoms with Crippen molar-refractivity contribution in [3.8, 4) is 6.07 Å². The summed E-state index contributed by atoms with van der Waals surface area (Å²) in [4.78, 5) is 20.3. The summed E-state index contributed by atoms with van der Waals surface area (Å²) in [6.45, 7) is 0.301. The van der Waals surface area contributed by atoms with Crippen LogP contribution in [0, 0.1) is 17.1 Å². The molecule has 0 aliphatic heterocycles. The maximum atomic E-state index is 13.6. The van der Waals surface area contributed by atoms with E-state index in [1.165, 1.54) is 18.5 Å². The lowest BCUT2D eigenvalue weighted by atomic mass is 10.1. The van der Waals surface area contributed by atoms with Crippen LogP contribution in [-0.2, 0) is 6.42 Å². The molecule has 3 aromatic rings. The summed E-state index contributed by atoms with van der Waals surface area (Å²) < 4.78 is 13.6. The Kier molecular flexibility index (Phi) is 5.70. The van der Waals surface area contributed by atoms with Crippen LogP contribution in [0.15, 0.2) is 60.9 Å². The highest BCUT2D eigenvalue weighted by molar-refractivity contribution is 5.93. The number of amides is 1. The molecule has 0 spiro atoms. The standard InChI is InChI=1S/C20H16FN5O/c21-17-7-3-1-5-14(17)9-10-23-19(27)16-12-24-20(25-13-16)26-18-8-4-2-6-15(18)11-22/h1-8,12-13H,9-10H2,(H,23,27)(H,24,25,26). The molecule has 6 nitrogen and oxygen atoms in total. The van der Waals surface area contributed by atoms with Gasteiger partial charge in [0.1, 0.15) is 11.9 Å². The number of aromatic nitrogens is 2. The molecule has 7 heteroatoms. The van der Waals surface area contributed by atoms with Gasteiger partial charge in [0.2, 0.25) is 5.95 Å². The van der Waals surface area contributed by atoms with Gasteiger partial charge in [-0.25, -0.2) is 14.4 Å². The van der Waals surface area contributed by atoms with E-state index < -0.39 is 0 Å². The van der Waals surface area contributed by atoms with E-state index in [4.69, 9.17) is 5.26 Å². The number of anilines is 2. The number of hydrogen-bond donors (Lipinski definition) is 2. The first-order valence-electron chi connectivity index (χ1n) is 8.27. The van der Waals surface area contributed by atoms with E-state index in [0.29, 0.717) is 35.3 Å². The van der Waals surface area contributed by atoms with Crippen molar-refractivity contribution in [3.63, 3.8) is 0 Å². The fourth-order valence-corrected chi connectivity index (χ4v) is 2.43. The molecule has 0 aliphatic rings. The van der Waals surface area contributed by atoms with Crippen molar-refractivity contribution in [1.29, 1.82) is 5.26 Å². The topological polar surface area (TPSA) is 90.7 Å². The van der Waals surface area contributed by atoms with Crippen LogP contribution < -0.4 is 10.6 Å². The fraction of sp³-hybridized carbons (Fsp3) is 0.100. The van der Waals surface area contributed by atoms with E-state index in [2.05, 4.69) is 26.7 Å². The molecule has 0 radical (unpaired) electrons. The molecule has 0 aliphatic carbocycles. The number of nitrogens with zero attached hydrogens (tertiary/aromatic N) is 3. The third-order valence-corrected chi connectivity index (χ3v) is 3.85. The Balaban J connectivity index is 1.57. The van der Waals surface area contributed by atoms with Crippen molar-refractivity contribution in [2.75, 3.05) is 11.9 Å². The fourth-order valence-electron chi connectivity index (χ4n) is 2.43. The number of nitriles is 1. The van der Waals surface area contributed by atoms with Crippen LogP contribution in [0.1, 0.15) is 21.5 Å². The molecule has 27 heavy (non-hydrogen) atoms. The van der Waals surface area contributed by atoms with E-state index in [1.807, 2.05) is 0 Å². The van der Waals surface area contributed by atoms with Crippen molar-refractivity contribution < 1.29 is 9.18 Å². The molecule has 1 heterocycles. The van der Waals surface area contributed by atoms with Gasteiger partial charge < -0.3 is 10.6 Å². The molecular weight excluding hydrogens is 345 g/mol. The highest BCUT2D eigenvalue weighted by atomic mass is 19.1. The van der Waals surface area contributed by atoms with Gasteiger partial charge in [0.25, 0.3) is 5.91 Å². The van der Waals surface area contributed by atoms with Crippen molar-refractivity contribution in [2.45, 2.75) is 6.42 Å². The minimum absolute atomic E-state index is 0.278. The predicted molar refractivity (Wildman–Crippen MR) is 98.9 cm³/mol. The molecule has 0 atom stereocenters. The smallest absolute Gasteiger partial charge is 0.254 e. The Morgan fingerprint density at radius 2 is 1.78 bits per heavy atom. The highest BCUT2D eigenvalue weighted by Gasteiger charge is 2.09. The SMILES string of the molecule is N#Cc1ccccc1Nc1ncc(C(=O)NCCc2ccccc2F)cn1. The number of rotatable bonds is 6. The molecule has 2 aromatic carbocycles. The van der Waals surface area contributed by atoms with Gasteiger partial charge in [-0.05, 0) is 30.2 Å². The van der Waals surface area contributed by atoms with Gasteiger partial charge in [-0.15, -0.1) is 0 Å². The molecule has 0 saturated heterocycles. The normalized spacial score (nSPS) is 10.1. The third-order valence-electron chi connectivity index (χ3n) is 3.85. The number of nitrogens with one attached hydrogen (secondary N) is 2. The number of carbonyl (C=O) groups is 1. The van der Waals surface area contributed by atoms with E-state index in [0.717, 1.165) is 0 Å². The first-order valence-corrected chi connectivity index (χ1v) is 8.27.